The first-order valence-corrected chi connectivity index (χ1v) is 7.99. The molecule has 3 aromatic rings. The Morgan fingerprint density at radius 1 is 1.12 bits per heavy atom. The van der Waals surface area contributed by atoms with Crippen molar-refractivity contribution in [2.45, 2.75) is 13.0 Å². The molecule has 3 rings (SSSR count). The normalized spacial score (nSPS) is 11.6. The fourth-order valence-corrected chi connectivity index (χ4v) is 2.50. The molecule has 0 bridgehead atoms. The Morgan fingerprint density at radius 2 is 1.88 bits per heavy atom. The largest absolute Gasteiger partial charge is 0.467 e. The van der Waals surface area contributed by atoms with Gasteiger partial charge in [0, 0.05) is 17.3 Å². The molecule has 0 unspecified atom stereocenters. The van der Waals surface area contributed by atoms with Crippen LogP contribution in [0.5, 0.6) is 0 Å². The van der Waals surface area contributed by atoms with Gasteiger partial charge in [0.05, 0.1) is 17.2 Å². The number of para-hydroxylation sites is 1. The Balaban J connectivity index is 1.81. The molecule has 1 heterocycles. The highest BCUT2D eigenvalue weighted by Gasteiger charge is 2.19. The molecule has 0 aliphatic rings. The lowest BCUT2D eigenvalue weighted by atomic mass is 10.1. The number of anilines is 2. The lowest BCUT2D eigenvalue weighted by Crippen LogP contribution is -2.26. The van der Waals surface area contributed by atoms with E-state index in [2.05, 4.69) is 10.6 Å². The molecule has 0 spiro atoms. The van der Waals surface area contributed by atoms with Crippen LogP contribution in [0.3, 0.4) is 0 Å². The number of furan rings is 1. The number of nitrogens with one attached hydrogen (secondary N) is 2. The van der Waals surface area contributed by atoms with Crippen molar-refractivity contribution in [3.05, 3.63) is 88.4 Å². The van der Waals surface area contributed by atoms with E-state index in [0.29, 0.717) is 11.4 Å². The molecule has 1 amide bonds. The molecular weight excluding hydrogens is 334 g/mol. The van der Waals surface area contributed by atoms with E-state index in [1.165, 1.54) is 18.4 Å². The summed E-state index contributed by atoms with van der Waals surface area (Å²) >= 11 is 0. The quantitative estimate of drug-likeness (QED) is 0.506. The molecular formula is C19H17N3O4. The van der Waals surface area contributed by atoms with Crippen molar-refractivity contribution in [1.82, 2.24) is 5.32 Å². The third-order valence-electron chi connectivity index (χ3n) is 3.83. The summed E-state index contributed by atoms with van der Waals surface area (Å²) in [5.74, 6) is 0.193. The first-order valence-electron chi connectivity index (χ1n) is 7.99. The van der Waals surface area contributed by atoms with E-state index in [9.17, 15) is 14.9 Å². The van der Waals surface area contributed by atoms with Crippen molar-refractivity contribution >= 4 is 23.0 Å². The van der Waals surface area contributed by atoms with Crippen LogP contribution in [0.1, 0.15) is 29.1 Å². The van der Waals surface area contributed by atoms with E-state index >= 15 is 0 Å². The molecule has 26 heavy (non-hydrogen) atoms. The molecule has 2 aromatic carbocycles. The van der Waals surface area contributed by atoms with E-state index in [1.54, 1.807) is 37.3 Å². The van der Waals surface area contributed by atoms with E-state index in [-0.39, 0.29) is 17.3 Å². The summed E-state index contributed by atoms with van der Waals surface area (Å²) in [6.07, 6.45) is 1.52. The van der Waals surface area contributed by atoms with Gasteiger partial charge >= 0.3 is 0 Å². The monoisotopic (exact) mass is 351 g/mol. The first-order chi connectivity index (χ1) is 12.5. The van der Waals surface area contributed by atoms with Gasteiger partial charge in [-0.05, 0) is 43.3 Å². The number of rotatable bonds is 6. The van der Waals surface area contributed by atoms with Crippen LogP contribution in [0.2, 0.25) is 0 Å². The van der Waals surface area contributed by atoms with Gasteiger partial charge in [-0.2, -0.15) is 0 Å². The maximum absolute atomic E-state index is 12.4. The topological polar surface area (TPSA) is 97.4 Å². The van der Waals surface area contributed by atoms with E-state index in [4.69, 9.17) is 4.42 Å². The van der Waals surface area contributed by atoms with Crippen molar-refractivity contribution in [3.8, 4) is 0 Å². The molecule has 1 atom stereocenters. The zero-order chi connectivity index (χ0) is 18.5. The number of nitrogens with zero attached hydrogens (tertiary/aromatic N) is 1. The van der Waals surface area contributed by atoms with Gasteiger partial charge in [-0.1, -0.05) is 18.2 Å². The number of carbonyl (C=O) groups is 1. The maximum Gasteiger partial charge on any atom is 0.293 e. The Bertz CT molecular complexity index is 908. The average molecular weight is 351 g/mol. The number of nitro groups is 1. The predicted octanol–water partition coefficient (Wildman–Crippen LogP) is 4.42. The molecule has 7 nitrogen and oxygen atoms in total. The predicted molar refractivity (Wildman–Crippen MR) is 97.4 cm³/mol. The summed E-state index contributed by atoms with van der Waals surface area (Å²) in [5, 5.41) is 17.2. The van der Waals surface area contributed by atoms with E-state index < -0.39 is 10.8 Å². The Hall–Kier alpha value is -3.61. The number of hydrogen-bond acceptors (Lipinski definition) is 5. The van der Waals surface area contributed by atoms with Gasteiger partial charge < -0.3 is 15.1 Å². The molecule has 0 saturated heterocycles. The minimum absolute atomic E-state index is 0.174. The molecule has 2 N–H and O–H groups in total. The lowest BCUT2D eigenvalue weighted by Gasteiger charge is -2.12. The SMILES string of the molecule is C[C@H](NC(=O)c1ccc(Nc2ccccc2)c([N+](=O)[O-])c1)c1ccco1. The smallest absolute Gasteiger partial charge is 0.293 e. The summed E-state index contributed by atoms with van der Waals surface area (Å²) in [5.41, 5.74) is 1.07. The fraction of sp³-hybridized carbons (Fsp3) is 0.105. The second kappa shape index (κ2) is 7.52. The summed E-state index contributed by atoms with van der Waals surface area (Å²) in [4.78, 5) is 23.3. The van der Waals surface area contributed by atoms with Gasteiger partial charge in [-0.25, -0.2) is 0 Å². The number of nitro benzene ring substituents is 1. The lowest BCUT2D eigenvalue weighted by molar-refractivity contribution is -0.383. The Morgan fingerprint density at radius 3 is 2.54 bits per heavy atom. The summed E-state index contributed by atoms with van der Waals surface area (Å²) in [6.45, 7) is 1.77. The highest BCUT2D eigenvalue weighted by atomic mass is 16.6. The molecule has 0 aliphatic heterocycles. The van der Waals surface area contributed by atoms with Crippen LogP contribution in [0, 0.1) is 10.1 Å². The zero-order valence-corrected chi connectivity index (χ0v) is 14.0. The van der Waals surface area contributed by atoms with Gasteiger partial charge in [0.15, 0.2) is 0 Å². The first kappa shape index (κ1) is 17.2. The number of amides is 1. The third kappa shape index (κ3) is 3.89. The highest BCUT2D eigenvalue weighted by Crippen LogP contribution is 2.29. The van der Waals surface area contributed by atoms with Crippen LogP contribution in [-0.4, -0.2) is 10.8 Å². The van der Waals surface area contributed by atoms with Crippen LogP contribution >= 0.6 is 0 Å². The van der Waals surface area contributed by atoms with Gasteiger partial charge in [0.1, 0.15) is 11.4 Å². The third-order valence-corrected chi connectivity index (χ3v) is 3.83. The van der Waals surface area contributed by atoms with Crippen molar-refractivity contribution in [2.24, 2.45) is 0 Å². The molecule has 0 saturated carbocycles. The molecule has 0 fully saturated rings. The van der Waals surface area contributed by atoms with Crippen LogP contribution < -0.4 is 10.6 Å². The summed E-state index contributed by atoms with van der Waals surface area (Å²) in [6, 6.07) is 16.6. The van der Waals surface area contributed by atoms with Crippen LogP contribution in [-0.2, 0) is 0 Å². The standard InChI is InChI=1S/C19H17N3O4/c1-13(18-8-5-11-26-18)20-19(23)14-9-10-16(17(12-14)22(24)25)21-15-6-3-2-4-7-15/h2-13,21H,1H3,(H,20,23)/t13-/m0/s1. The number of hydrogen-bond donors (Lipinski definition) is 2. The van der Waals surface area contributed by atoms with Crippen molar-refractivity contribution in [1.29, 1.82) is 0 Å². The summed E-state index contributed by atoms with van der Waals surface area (Å²) < 4.78 is 5.25. The summed E-state index contributed by atoms with van der Waals surface area (Å²) in [7, 11) is 0. The van der Waals surface area contributed by atoms with Gasteiger partial charge in [-0.3, -0.25) is 14.9 Å². The second-order valence-electron chi connectivity index (χ2n) is 5.69. The highest BCUT2D eigenvalue weighted by molar-refractivity contribution is 5.96. The van der Waals surface area contributed by atoms with Crippen LogP contribution in [0.15, 0.2) is 71.3 Å². The maximum atomic E-state index is 12.4. The van der Waals surface area contributed by atoms with E-state index in [0.717, 1.165) is 5.69 Å². The molecule has 0 radical (unpaired) electrons. The Labute approximate surface area is 149 Å². The minimum Gasteiger partial charge on any atom is -0.467 e. The molecule has 1 aromatic heterocycles. The van der Waals surface area contributed by atoms with Gasteiger partial charge in [0.25, 0.3) is 11.6 Å². The van der Waals surface area contributed by atoms with Crippen molar-refractivity contribution in [2.75, 3.05) is 5.32 Å². The zero-order valence-electron chi connectivity index (χ0n) is 14.0. The van der Waals surface area contributed by atoms with Gasteiger partial charge in [0.2, 0.25) is 0 Å². The fourth-order valence-electron chi connectivity index (χ4n) is 2.50. The molecule has 132 valence electrons. The second-order valence-corrected chi connectivity index (χ2v) is 5.69. The molecule has 0 aliphatic carbocycles. The number of carbonyl (C=O) groups excluding carboxylic acids is 1. The van der Waals surface area contributed by atoms with Gasteiger partial charge in [-0.15, -0.1) is 0 Å². The average Bonchev–Trinajstić information content (AvgIpc) is 3.17. The van der Waals surface area contributed by atoms with E-state index in [1.807, 2.05) is 18.2 Å². The minimum atomic E-state index is -0.516. The number of benzene rings is 2. The molecule has 7 heteroatoms. The Kier molecular flexibility index (Phi) is 4.98. The van der Waals surface area contributed by atoms with Crippen molar-refractivity contribution < 1.29 is 14.1 Å². The van der Waals surface area contributed by atoms with Crippen LogP contribution in [0.4, 0.5) is 17.1 Å². The van der Waals surface area contributed by atoms with Crippen molar-refractivity contribution in [3.63, 3.8) is 0 Å². The van der Waals surface area contributed by atoms with Crippen LogP contribution in [0.25, 0.3) is 0 Å².